The van der Waals surface area contributed by atoms with Gasteiger partial charge in [-0.3, -0.25) is 9.63 Å². The third kappa shape index (κ3) is 3.53. The van der Waals surface area contributed by atoms with Crippen LogP contribution in [0.3, 0.4) is 0 Å². The minimum Gasteiger partial charge on any atom is -0.275 e. The molecular formula is C11H14ClNO2. The number of carbonyl (C=O) groups is 1. The van der Waals surface area contributed by atoms with Crippen LogP contribution in [0.1, 0.15) is 5.56 Å². The molecule has 0 bridgehead atoms. The maximum atomic E-state index is 11.5. The van der Waals surface area contributed by atoms with E-state index >= 15 is 0 Å². The molecule has 0 aliphatic heterocycles. The molecule has 0 aliphatic carbocycles. The van der Waals surface area contributed by atoms with Crippen molar-refractivity contribution in [1.82, 2.24) is 5.06 Å². The van der Waals surface area contributed by atoms with Crippen molar-refractivity contribution in [2.45, 2.75) is 11.8 Å². The Balaban J connectivity index is 2.56. The number of hydrogen-bond acceptors (Lipinski definition) is 2. The van der Waals surface area contributed by atoms with Gasteiger partial charge in [-0.1, -0.05) is 30.3 Å². The van der Waals surface area contributed by atoms with Crippen LogP contribution < -0.4 is 0 Å². The van der Waals surface area contributed by atoms with Crippen molar-refractivity contribution in [3.63, 3.8) is 0 Å². The number of halogens is 1. The van der Waals surface area contributed by atoms with E-state index in [4.69, 9.17) is 16.4 Å². The van der Waals surface area contributed by atoms with E-state index in [1.165, 1.54) is 7.11 Å². The van der Waals surface area contributed by atoms with Crippen molar-refractivity contribution < 1.29 is 9.63 Å². The maximum Gasteiger partial charge on any atom is 0.264 e. The highest BCUT2D eigenvalue weighted by atomic mass is 35.5. The minimum atomic E-state index is -0.586. The SMILES string of the molecule is CON(C)C(=O)C(Cl)Cc1ccccc1. The molecule has 0 N–H and O–H groups in total. The summed E-state index contributed by atoms with van der Waals surface area (Å²) in [5.74, 6) is -0.233. The Bertz CT molecular complexity index is 316. The Morgan fingerprint density at radius 2 is 2.07 bits per heavy atom. The van der Waals surface area contributed by atoms with Crippen LogP contribution in [0.15, 0.2) is 30.3 Å². The molecule has 0 aromatic heterocycles. The predicted octanol–water partition coefficient (Wildman–Crippen LogP) is 1.86. The van der Waals surface area contributed by atoms with Crippen LogP contribution in [0.25, 0.3) is 0 Å². The van der Waals surface area contributed by atoms with Crippen LogP contribution in [0.4, 0.5) is 0 Å². The van der Waals surface area contributed by atoms with E-state index in [0.29, 0.717) is 6.42 Å². The Morgan fingerprint density at radius 1 is 1.47 bits per heavy atom. The summed E-state index contributed by atoms with van der Waals surface area (Å²) in [7, 11) is 2.98. The summed E-state index contributed by atoms with van der Waals surface area (Å²) in [6.45, 7) is 0. The molecule has 1 amide bonds. The lowest BCUT2D eigenvalue weighted by Gasteiger charge is -2.17. The topological polar surface area (TPSA) is 29.5 Å². The second kappa shape index (κ2) is 5.73. The van der Waals surface area contributed by atoms with Gasteiger partial charge < -0.3 is 0 Å². The highest BCUT2D eigenvalue weighted by Crippen LogP contribution is 2.10. The first-order valence-electron chi connectivity index (χ1n) is 4.65. The number of rotatable bonds is 4. The lowest BCUT2D eigenvalue weighted by atomic mass is 10.1. The molecule has 15 heavy (non-hydrogen) atoms. The fourth-order valence-corrected chi connectivity index (χ4v) is 1.51. The molecule has 0 saturated heterocycles. The molecule has 3 nitrogen and oxygen atoms in total. The van der Waals surface area contributed by atoms with Crippen LogP contribution in [-0.4, -0.2) is 30.5 Å². The molecule has 4 heteroatoms. The fourth-order valence-electron chi connectivity index (χ4n) is 1.20. The predicted molar refractivity (Wildman–Crippen MR) is 59.6 cm³/mol. The number of carbonyl (C=O) groups excluding carboxylic acids is 1. The van der Waals surface area contributed by atoms with Gasteiger partial charge in [0.05, 0.1) is 7.11 Å². The van der Waals surface area contributed by atoms with Crippen molar-refractivity contribution in [1.29, 1.82) is 0 Å². The number of nitrogens with zero attached hydrogens (tertiary/aromatic N) is 1. The summed E-state index contributed by atoms with van der Waals surface area (Å²) in [5, 5.41) is 0.554. The highest BCUT2D eigenvalue weighted by Gasteiger charge is 2.19. The van der Waals surface area contributed by atoms with Gasteiger partial charge in [0.2, 0.25) is 0 Å². The Kier molecular flexibility index (Phi) is 4.59. The van der Waals surface area contributed by atoms with Gasteiger partial charge in [-0.15, -0.1) is 11.6 Å². The van der Waals surface area contributed by atoms with E-state index in [1.807, 2.05) is 30.3 Å². The Labute approximate surface area is 94.5 Å². The number of hydroxylamine groups is 2. The number of alkyl halides is 1. The smallest absolute Gasteiger partial charge is 0.264 e. The zero-order valence-electron chi connectivity index (χ0n) is 8.81. The van der Waals surface area contributed by atoms with Crippen molar-refractivity contribution in [3.8, 4) is 0 Å². The third-order valence-corrected chi connectivity index (χ3v) is 2.45. The lowest BCUT2D eigenvalue weighted by Crippen LogP contribution is -2.33. The van der Waals surface area contributed by atoms with E-state index in [-0.39, 0.29) is 5.91 Å². The molecule has 0 spiro atoms. The summed E-state index contributed by atoms with van der Waals surface area (Å²) < 4.78 is 0. The number of amides is 1. The molecule has 1 aromatic carbocycles. The lowest BCUT2D eigenvalue weighted by molar-refractivity contribution is -0.168. The van der Waals surface area contributed by atoms with E-state index < -0.39 is 5.38 Å². The van der Waals surface area contributed by atoms with E-state index in [0.717, 1.165) is 10.6 Å². The van der Waals surface area contributed by atoms with Gasteiger partial charge >= 0.3 is 0 Å². The first-order chi connectivity index (χ1) is 7.15. The summed E-state index contributed by atoms with van der Waals surface area (Å²) in [6.07, 6.45) is 0.509. The summed E-state index contributed by atoms with van der Waals surface area (Å²) in [6, 6.07) is 9.65. The van der Waals surface area contributed by atoms with Gasteiger partial charge in [0.15, 0.2) is 0 Å². The van der Waals surface area contributed by atoms with Gasteiger partial charge in [0.25, 0.3) is 5.91 Å². The summed E-state index contributed by atoms with van der Waals surface area (Å²) in [5.41, 5.74) is 1.04. The molecule has 1 aromatic rings. The van der Waals surface area contributed by atoms with Crippen molar-refractivity contribution in [3.05, 3.63) is 35.9 Å². The van der Waals surface area contributed by atoms with Crippen molar-refractivity contribution in [2.75, 3.05) is 14.2 Å². The molecule has 0 aliphatic rings. The normalized spacial score (nSPS) is 12.2. The van der Waals surface area contributed by atoms with Gasteiger partial charge in [-0.2, -0.15) is 0 Å². The van der Waals surface area contributed by atoms with Crippen LogP contribution in [0.5, 0.6) is 0 Å². The summed E-state index contributed by atoms with van der Waals surface area (Å²) in [4.78, 5) is 16.3. The number of benzene rings is 1. The molecule has 1 atom stereocenters. The van der Waals surface area contributed by atoms with Crippen molar-refractivity contribution >= 4 is 17.5 Å². The average Bonchev–Trinajstić information content (AvgIpc) is 2.28. The minimum absolute atomic E-state index is 0.233. The second-order valence-electron chi connectivity index (χ2n) is 3.18. The average molecular weight is 228 g/mol. The van der Waals surface area contributed by atoms with Crippen molar-refractivity contribution in [2.24, 2.45) is 0 Å². The van der Waals surface area contributed by atoms with E-state index in [1.54, 1.807) is 7.05 Å². The summed E-state index contributed by atoms with van der Waals surface area (Å²) >= 11 is 5.97. The molecule has 0 radical (unpaired) electrons. The molecule has 0 saturated carbocycles. The monoisotopic (exact) mass is 227 g/mol. The van der Waals surface area contributed by atoms with Gasteiger partial charge in [-0.05, 0) is 12.0 Å². The maximum absolute atomic E-state index is 11.5. The van der Waals surface area contributed by atoms with Gasteiger partial charge in [0, 0.05) is 7.05 Å². The molecule has 0 fully saturated rings. The molecule has 1 unspecified atom stereocenters. The standard InChI is InChI=1S/C11H14ClNO2/c1-13(15-2)11(14)10(12)8-9-6-4-3-5-7-9/h3-7,10H,8H2,1-2H3. The molecule has 82 valence electrons. The van der Waals surface area contributed by atoms with Gasteiger partial charge in [0.1, 0.15) is 5.38 Å². The van der Waals surface area contributed by atoms with E-state index in [9.17, 15) is 4.79 Å². The molecular weight excluding hydrogens is 214 g/mol. The molecule has 1 rings (SSSR count). The van der Waals surface area contributed by atoms with Crippen LogP contribution in [-0.2, 0) is 16.1 Å². The number of hydrogen-bond donors (Lipinski definition) is 0. The first-order valence-corrected chi connectivity index (χ1v) is 5.08. The fraction of sp³-hybridized carbons (Fsp3) is 0.364. The second-order valence-corrected chi connectivity index (χ2v) is 3.70. The quantitative estimate of drug-likeness (QED) is 0.581. The zero-order chi connectivity index (χ0) is 11.3. The van der Waals surface area contributed by atoms with Crippen LogP contribution in [0.2, 0.25) is 0 Å². The Morgan fingerprint density at radius 3 is 2.60 bits per heavy atom. The highest BCUT2D eigenvalue weighted by molar-refractivity contribution is 6.30. The largest absolute Gasteiger partial charge is 0.275 e. The molecule has 0 heterocycles. The first kappa shape index (κ1) is 12.0. The van der Waals surface area contributed by atoms with Crippen LogP contribution in [0, 0.1) is 0 Å². The third-order valence-electron chi connectivity index (χ3n) is 2.11. The van der Waals surface area contributed by atoms with Gasteiger partial charge in [-0.25, -0.2) is 5.06 Å². The van der Waals surface area contributed by atoms with Crippen LogP contribution >= 0.6 is 11.6 Å². The Hall–Kier alpha value is -1.06. The van der Waals surface area contributed by atoms with E-state index in [2.05, 4.69) is 0 Å². The zero-order valence-corrected chi connectivity index (χ0v) is 9.57.